The SMILES string of the molecule is CC1=CC=CN2CC(c3ccccc3Cl)N=C12. The van der Waals surface area contributed by atoms with Gasteiger partial charge >= 0.3 is 0 Å². The van der Waals surface area contributed by atoms with Crippen LogP contribution in [0.4, 0.5) is 0 Å². The molecule has 0 spiro atoms. The molecule has 0 amide bonds. The van der Waals surface area contributed by atoms with Gasteiger partial charge in [-0.05, 0) is 30.2 Å². The number of allylic oxidation sites excluding steroid dienone is 2. The Kier molecular flexibility index (Phi) is 2.52. The molecule has 1 aromatic rings. The van der Waals surface area contributed by atoms with Gasteiger partial charge in [-0.1, -0.05) is 35.9 Å². The third-order valence-electron chi connectivity index (χ3n) is 3.15. The fourth-order valence-corrected chi connectivity index (χ4v) is 2.54. The van der Waals surface area contributed by atoms with E-state index in [4.69, 9.17) is 16.6 Å². The lowest BCUT2D eigenvalue weighted by Gasteiger charge is -2.19. The van der Waals surface area contributed by atoms with Crippen molar-refractivity contribution in [3.05, 3.63) is 58.8 Å². The summed E-state index contributed by atoms with van der Waals surface area (Å²) in [6.07, 6.45) is 6.22. The topological polar surface area (TPSA) is 15.6 Å². The maximum Gasteiger partial charge on any atom is 0.131 e. The van der Waals surface area contributed by atoms with E-state index in [2.05, 4.69) is 36.2 Å². The van der Waals surface area contributed by atoms with Crippen molar-refractivity contribution in [2.24, 2.45) is 4.99 Å². The average molecular weight is 245 g/mol. The first-order valence-electron chi connectivity index (χ1n) is 5.70. The maximum absolute atomic E-state index is 6.22. The van der Waals surface area contributed by atoms with Crippen LogP contribution in [0.15, 0.2) is 53.2 Å². The van der Waals surface area contributed by atoms with E-state index in [1.807, 2.05) is 18.2 Å². The zero-order valence-electron chi connectivity index (χ0n) is 9.60. The number of fused-ring (bicyclic) bond motifs is 1. The van der Waals surface area contributed by atoms with Crippen molar-refractivity contribution in [2.75, 3.05) is 6.54 Å². The fraction of sp³-hybridized carbons (Fsp3) is 0.214. The Morgan fingerprint density at radius 1 is 1.35 bits per heavy atom. The number of nitrogens with zero attached hydrogens (tertiary/aromatic N) is 2. The first-order chi connectivity index (χ1) is 8.25. The zero-order valence-corrected chi connectivity index (χ0v) is 10.4. The van der Waals surface area contributed by atoms with Gasteiger partial charge in [-0.15, -0.1) is 0 Å². The van der Waals surface area contributed by atoms with E-state index in [0.717, 1.165) is 23.0 Å². The molecule has 1 aromatic carbocycles. The van der Waals surface area contributed by atoms with Crippen LogP contribution in [-0.4, -0.2) is 17.3 Å². The van der Waals surface area contributed by atoms with Crippen LogP contribution in [0.5, 0.6) is 0 Å². The van der Waals surface area contributed by atoms with Gasteiger partial charge < -0.3 is 4.90 Å². The van der Waals surface area contributed by atoms with E-state index < -0.39 is 0 Å². The number of amidine groups is 1. The summed E-state index contributed by atoms with van der Waals surface area (Å²) in [6.45, 7) is 2.96. The molecule has 2 aliphatic heterocycles. The van der Waals surface area contributed by atoms with E-state index in [0.29, 0.717) is 0 Å². The highest BCUT2D eigenvalue weighted by molar-refractivity contribution is 6.31. The summed E-state index contributed by atoms with van der Waals surface area (Å²) in [4.78, 5) is 6.94. The average Bonchev–Trinajstić information content (AvgIpc) is 2.75. The van der Waals surface area contributed by atoms with Crippen molar-refractivity contribution < 1.29 is 0 Å². The van der Waals surface area contributed by atoms with Crippen molar-refractivity contribution in [1.29, 1.82) is 0 Å². The lowest BCUT2D eigenvalue weighted by atomic mass is 10.1. The quantitative estimate of drug-likeness (QED) is 0.738. The number of hydrogen-bond donors (Lipinski definition) is 0. The Labute approximate surface area is 106 Å². The highest BCUT2D eigenvalue weighted by atomic mass is 35.5. The zero-order chi connectivity index (χ0) is 11.8. The molecule has 0 radical (unpaired) electrons. The van der Waals surface area contributed by atoms with E-state index >= 15 is 0 Å². The predicted octanol–water partition coefficient (Wildman–Crippen LogP) is 3.57. The van der Waals surface area contributed by atoms with Crippen LogP contribution in [0.2, 0.25) is 5.02 Å². The fourth-order valence-electron chi connectivity index (χ4n) is 2.27. The second kappa shape index (κ2) is 4.04. The largest absolute Gasteiger partial charge is 0.331 e. The summed E-state index contributed by atoms with van der Waals surface area (Å²) < 4.78 is 0. The molecule has 2 nitrogen and oxygen atoms in total. The highest BCUT2D eigenvalue weighted by Crippen LogP contribution is 2.32. The van der Waals surface area contributed by atoms with Gasteiger partial charge in [0.25, 0.3) is 0 Å². The Balaban J connectivity index is 1.97. The molecule has 0 N–H and O–H groups in total. The summed E-state index contributed by atoms with van der Waals surface area (Å²) in [6, 6.07) is 8.08. The normalized spacial score (nSPS) is 22.2. The molecule has 3 heteroatoms. The van der Waals surface area contributed by atoms with Gasteiger partial charge in [0.15, 0.2) is 0 Å². The van der Waals surface area contributed by atoms with E-state index in [1.54, 1.807) is 0 Å². The number of rotatable bonds is 1. The second-order valence-electron chi connectivity index (χ2n) is 4.33. The third-order valence-corrected chi connectivity index (χ3v) is 3.49. The third kappa shape index (κ3) is 1.79. The molecule has 1 atom stereocenters. The Bertz CT molecular complexity index is 543. The molecule has 0 aromatic heterocycles. The van der Waals surface area contributed by atoms with Crippen molar-refractivity contribution in [2.45, 2.75) is 13.0 Å². The Morgan fingerprint density at radius 3 is 2.94 bits per heavy atom. The molecule has 0 aliphatic carbocycles. The number of hydrogen-bond acceptors (Lipinski definition) is 2. The molecular weight excluding hydrogens is 232 g/mol. The van der Waals surface area contributed by atoms with Crippen molar-refractivity contribution in [3.63, 3.8) is 0 Å². The number of halogens is 1. The molecule has 0 saturated heterocycles. The minimum atomic E-state index is 0.143. The standard InChI is InChI=1S/C14H13ClN2/c1-10-5-4-8-17-9-13(16-14(10)17)11-6-2-3-7-12(11)15/h2-8,13H,9H2,1H3. The molecule has 0 bridgehead atoms. The molecule has 2 heterocycles. The molecule has 86 valence electrons. The van der Waals surface area contributed by atoms with Gasteiger partial charge in [0, 0.05) is 11.2 Å². The molecule has 0 fully saturated rings. The van der Waals surface area contributed by atoms with Gasteiger partial charge in [0.05, 0.1) is 12.6 Å². The minimum Gasteiger partial charge on any atom is -0.331 e. The second-order valence-corrected chi connectivity index (χ2v) is 4.74. The first kappa shape index (κ1) is 10.6. The van der Waals surface area contributed by atoms with Gasteiger partial charge in [-0.25, -0.2) is 0 Å². The van der Waals surface area contributed by atoms with Gasteiger partial charge in [0.1, 0.15) is 5.84 Å². The van der Waals surface area contributed by atoms with Gasteiger partial charge in [-0.2, -0.15) is 0 Å². The Morgan fingerprint density at radius 2 is 2.18 bits per heavy atom. The lowest BCUT2D eigenvalue weighted by Crippen LogP contribution is -2.24. The summed E-state index contributed by atoms with van der Waals surface area (Å²) in [7, 11) is 0. The lowest BCUT2D eigenvalue weighted by molar-refractivity contribution is 0.548. The predicted molar refractivity (Wildman–Crippen MR) is 71.2 cm³/mol. The Hall–Kier alpha value is -1.54. The molecule has 17 heavy (non-hydrogen) atoms. The summed E-state index contributed by atoms with van der Waals surface area (Å²) in [5.41, 5.74) is 2.32. The minimum absolute atomic E-state index is 0.143. The monoisotopic (exact) mass is 244 g/mol. The molecule has 2 aliphatic rings. The van der Waals surface area contributed by atoms with Gasteiger partial charge in [0.2, 0.25) is 0 Å². The van der Waals surface area contributed by atoms with Crippen LogP contribution in [0.3, 0.4) is 0 Å². The molecule has 1 unspecified atom stereocenters. The summed E-state index contributed by atoms with van der Waals surface area (Å²) >= 11 is 6.22. The van der Waals surface area contributed by atoms with Crippen LogP contribution in [0.25, 0.3) is 0 Å². The summed E-state index contributed by atoms with van der Waals surface area (Å²) in [5.74, 6) is 1.07. The van der Waals surface area contributed by atoms with Crippen LogP contribution in [0, 0.1) is 0 Å². The molecule has 3 rings (SSSR count). The van der Waals surface area contributed by atoms with Crippen LogP contribution >= 0.6 is 11.6 Å². The molecule has 0 saturated carbocycles. The van der Waals surface area contributed by atoms with Crippen LogP contribution in [-0.2, 0) is 0 Å². The van der Waals surface area contributed by atoms with Crippen molar-refractivity contribution in [1.82, 2.24) is 4.90 Å². The van der Waals surface area contributed by atoms with E-state index in [-0.39, 0.29) is 6.04 Å². The first-order valence-corrected chi connectivity index (χ1v) is 6.08. The number of benzene rings is 1. The smallest absolute Gasteiger partial charge is 0.131 e. The van der Waals surface area contributed by atoms with Crippen LogP contribution < -0.4 is 0 Å². The molecular formula is C14H13ClN2. The highest BCUT2D eigenvalue weighted by Gasteiger charge is 2.27. The summed E-state index contributed by atoms with van der Waals surface area (Å²) in [5, 5.41) is 0.798. The van der Waals surface area contributed by atoms with Crippen molar-refractivity contribution >= 4 is 17.4 Å². The van der Waals surface area contributed by atoms with E-state index in [9.17, 15) is 0 Å². The number of aliphatic imine (C=N–C) groups is 1. The van der Waals surface area contributed by atoms with E-state index in [1.165, 1.54) is 5.57 Å². The van der Waals surface area contributed by atoms with Crippen LogP contribution in [0.1, 0.15) is 18.5 Å². The maximum atomic E-state index is 6.22. The van der Waals surface area contributed by atoms with Gasteiger partial charge in [-0.3, -0.25) is 4.99 Å². The van der Waals surface area contributed by atoms with Crippen molar-refractivity contribution in [3.8, 4) is 0 Å².